The van der Waals surface area contributed by atoms with Crippen LogP contribution in [0.1, 0.15) is 0 Å². The fourth-order valence-corrected chi connectivity index (χ4v) is 2.23. The van der Waals surface area contributed by atoms with Crippen LogP contribution in [-0.2, 0) is 4.79 Å². The molecule has 1 aromatic heterocycles. The number of aromatic hydroxyl groups is 1. The number of hydrogen-bond acceptors (Lipinski definition) is 5. The molecule has 0 bridgehead atoms. The largest absolute Gasteiger partial charge is 0.507 e. The number of nitrogens with two attached hydrogens (primary N) is 1. The van der Waals surface area contributed by atoms with E-state index in [1.807, 2.05) is 18.2 Å². The highest BCUT2D eigenvalue weighted by Crippen LogP contribution is 2.30. The Morgan fingerprint density at radius 1 is 1.17 bits per heavy atom. The first-order valence-corrected chi connectivity index (χ1v) is 6.82. The number of ether oxygens (including phenoxy) is 1. The van der Waals surface area contributed by atoms with Gasteiger partial charge in [-0.15, -0.1) is 0 Å². The van der Waals surface area contributed by atoms with Crippen molar-refractivity contribution in [2.75, 3.05) is 6.61 Å². The standard InChI is InChI=1S/C17H13NO5/c18-16(21)9-22-11-6-12(19)17-13(20)8-14(23-15(17)7-11)10-4-2-1-3-5-10/h1-8,19H,9H2,(H2,18,21). The van der Waals surface area contributed by atoms with E-state index in [4.69, 9.17) is 14.9 Å². The van der Waals surface area contributed by atoms with Crippen LogP contribution in [0.25, 0.3) is 22.3 Å². The van der Waals surface area contributed by atoms with Gasteiger partial charge in [0.05, 0.1) is 0 Å². The maximum atomic E-state index is 12.2. The second-order valence-corrected chi connectivity index (χ2v) is 4.91. The van der Waals surface area contributed by atoms with Gasteiger partial charge in [-0.1, -0.05) is 30.3 Å². The molecule has 3 rings (SSSR count). The van der Waals surface area contributed by atoms with E-state index in [1.165, 1.54) is 18.2 Å². The highest BCUT2D eigenvalue weighted by Gasteiger charge is 2.13. The van der Waals surface area contributed by atoms with E-state index >= 15 is 0 Å². The van der Waals surface area contributed by atoms with Crippen molar-refractivity contribution in [3.05, 3.63) is 58.8 Å². The topological polar surface area (TPSA) is 103 Å². The number of amides is 1. The molecule has 0 saturated heterocycles. The van der Waals surface area contributed by atoms with Crippen LogP contribution in [0.15, 0.2) is 57.7 Å². The van der Waals surface area contributed by atoms with Gasteiger partial charge in [-0.2, -0.15) is 0 Å². The van der Waals surface area contributed by atoms with Crippen molar-refractivity contribution in [1.29, 1.82) is 0 Å². The third-order valence-electron chi connectivity index (χ3n) is 3.22. The molecule has 0 radical (unpaired) electrons. The molecule has 2 aromatic carbocycles. The molecule has 0 atom stereocenters. The zero-order valence-corrected chi connectivity index (χ0v) is 12.0. The van der Waals surface area contributed by atoms with E-state index in [9.17, 15) is 14.7 Å². The van der Waals surface area contributed by atoms with Gasteiger partial charge < -0.3 is 20.0 Å². The first kappa shape index (κ1) is 14.6. The van der Waals surface area contributed by atoms with Gasteiger partial charge in [-0.3, -0.25) is 9.59 Å². The van der Waals surface area contributed by atoms with Crippen LogP contribution in [-0.4, -0.2) is 17.6 Å². The molecule has 0 spiro atoms. The predicted molar refractivity (Wildman–Crippen MR) is 84.3 cm³/mol. The van der Waals surface area contributed by atoms with Crippen molar-refractivity contribution in [2.24, 2.45) is 5.73 Å². The van der Waals surface area contributed by atoms with Crippen LogP contribution in [0.2, 0.25) is 0 Å². The molecule has 3 aromatic rings. The first-order valence-electron chi connectivity index (χ1n) is 6.82. The van der Waals surface area contributed by atoms with Gasteiger partial charge in [0.15, 0.2) is 12.0 Å². The minimum absolute atomic E-state index is 0.0520. The van der Waals surface area contributed by atoms with E-state index in [2.05, 4.69) is 0 Å². The van der Waals surface area contributed by atoms with Gasteiger partial charge in [0, 0.05) is 23.8 Å². The molecule has 6 heteroatoms. The minimum Gasteiger partial charge on any atom is -0.507 e. The van der Waals surface area contributed by atoms with Gasteiger partial charge in [0.2, 0.25) is 0 Å². The van der Waals surface area contributed by atoms with Crippen molar-refractivity contribution < 1.29 is 19.1 Å². The maximum Gasteiger partial charge on any atom is 0.255 e. The monoisotopic (exact) mass is 311 g/mol. The third-order valence-corrected chi connectivity index (χ3v) is 3.22. The van der Waals surface area contributed by atoms with Crippen molar-refractivity contribution >= 4 is 16.9 Å². The molecule has 1 amide bonds. The van der Waals surface area contributed by atoms with Crippen LogP contribution in [0.5, 0.6) is 11.5 Å². The van der Waals surface area contributed by atoms with Gasteiger partial charge in [0.1, 0.15) is 28.2 Å². The zero-order chi connectivity index (χ0) is 16.4. The Morgan fingerprint density at radius 2 is 1.91 bits per heavy atom. The van der Waals surface area contributed by atoms with Gasteiger partial charge in [-0.25, -0.2) is 0 Å². The van der Waals surface area contributed by atoms with Gasteiger partial charge in [-0.05, 0) is 0 Å². The van der Waals surface area contributed by atoms with Crippen LogP contribution in [0, 0.1) is 0 Å². The Labute approximate surface area is 130 Å². The van der Waals surface area contributed by atoms with E-state index in [-0.39, 0.29) is 34.5 Å². The second kappa shape index (κ2) is 5.84. The summed E-state index contributed by atoms with van der Waals surface area (Å²) in [4.78, 5) is 23.0. The third kappa shape index (κ3) is 3.01. The first-order chi connectivity index (χ1) is 11.0. The Balaban J connectivity index is 2.14. The number of fused-ring (bicyclic) bond motifs is 1. The van der Waals surface area contributed by atoms with E-state index in [1.54, 1.807) is 12.1 Å². The van der Waals surface area contributed by atoms with Crippen LogP contribution in [0.3, 0.4) is 0 Å². The average Bonchev–Trinajstić information content (AvgIpc) is 2.53. The lowest BCUT2D eigenvalue weighted by atomic mass is 10.1. The number of rotatable bonds is 4. The molecule has 0 aliphatic heterocycles. The summed E-state index contributed by atoms with van der Waals surface area (Å²) in [5, 5.41) is 10.1. The summed E-state index contributed by atoms with van der Waals surface area (Å²) >= 11 is 0. The lowest BCUT2D eigenvalue weighted by molar-refractivity contribution is -0.119. The molecule has 1 heterocycles. The molecule has 0 saturated carbocycles. The minimum atomic E-state index is -0.649. The molecule has 0 unspecified atom stereocenters. The summed E-state index contributed by atoms with van der Waals surface area (Å²) in [7, 11) is 0. The molecule has 116 valence electrons. The van der Waals surface area contributed by atoms with Gasteiger partial charge >= 0.3 is 0 Å². The maximum absolute atomic E-state index is 12.2. The van der Waals surface area contributed by atoms with Crippen molar-refractivity contribution in [3.8, 4) is 22.8 Å². The summed E-state index contributed by atoms with van der Waals surface area (Å²) in [6, 6.07) is 13.1. The smallest absolute Gasteiger partial charge is 0.255 e. The second-order valence-electron chi connectivity index (χ2n) is 4.91. The van der Waals surface area contributed by atoms with Crippen molar-refractivity contribution in [2.45, 2.75) is 0 Å². The van der Waals surface area contributed by atoms with E-state index < -0.39 is 5.91 Å². The zero-order valence-electron chi connectivity index (χ0n) is 12.0. The molecule has 0 aliphatic carbocycles. The normalized spacial score (nSPS) is 10.6. The number of carbonyl (C=O) groups is 1. The number of hydrogen-bond donors (Lipinski definition) is 2. The van der Waals surface area contributed by atoms with Crippen LogP contribution in [0.4, 0.5) is 0 Å². The number of benzene rings is 2. The number of phenols is 1. The molecule has 3 N–H and O–H groups in total. The SMILES string of the molecule is NC(=O)COc1cc(O)c2c(=O)cc(-c3ccccc3)oc2c1. The van der Waals surface area contributed by atoms with Crippen LogP contribution < -0.4 is 15.9 Å². The van der Waals surface area contributed by atoms with Crippen LogP contribution >= 0.6 is 0 Å². The summed E-state index contributed by atoms with van der Waals surface area (Å²) in [6.07, 6.45) is 0. The Bertz CT molecular complexity index is 931. The number of carbonyl (C=O) groups excluding carboxylic acids is 1. The molecular weight excluding hydrogens is 298 g/mol. The fourth-order valence-electron chi connectivity index (χ4n) is 2.23. The summed E-state index contributed by atoms with van der Waals surface area (Å²) in [5.74, 6) is -0.379. The van der Waals surface area contributed by atoms with Gasteiger partial charge in [0.25, 0.3) is 5.91 Å². The summed E-state index contributed by atoms with van der Waals surface area (Å²) < 4.78 is 10.8. The highest BCUT2D eigenvalue weighted by molar-refractivity contribution is 5.86. The average molecular weight is 311 g/mol. The molecule has 23 heavy (non-hydrogen) atoms. The summed E-state index contributed by atoms with van der Waals surface area (Å²) in [5.41, 5.74) is 5.54. The molecular formula is C17H13NO5. The van der Waals surface area contributed by atoms with E-state index in [0.29, 0.717) is 5.76 Å². The number of primary amides is 1. The molecule has 6 nitrogen and oxygen atoms in total. The Hall–Kier alpha value is -3.28. The quantitative estimate of drug-likeness (QED) is 0.767. The lowest BCUT2D eigenvalue weighted by Gasteiger charge is -2.08. The molecule has 0 aliphatic rings. The summed E-state index contributed by atoms with van der Waals surface area (Å²) in [6.45, 7) is -0.340. The Kier molecular flexibility index (Phi) is 3.72. The molecule has 0 fully saturated rings. The highest BCUT2D eigenvalue weighted by atomic mass is 16.5. The Morgan fingerprint density at radius 3 is 2.61 bits per heavy atom. The lowest BCUT2D eigenvalue weighted by Crippen LogP contribution is -2.20. The predicted octanol–water partition coefficient (Wildman–Crippen LogP) is 2.03. The number of phenolic OH excluding ortho intramolecular Hbond substituents is 1. The van der Waals surface area contributed by atoms with E-state index in [0.717, 1.165) is 5.56 Å². The van der Waals surface area contributed by atoms with Crippen molar-refractivity contribution in [3.63, 3.8) is 0 Å². The fraction of sp³-hybridized carbons (Fsp3) is 0.0588. The van der Waals surface area contributed by atoms with Crippen molar-refractivity contribution in [1.82, 2.24) is 0 Å².